The molecule has 0 saturated carbocycles. The van der Waals surface area contributed by atoms with E-state index >= 15 is 0 Å². The maximum atomic E-state index is 12.4. The minimum atomic E-state index is -4.20. The summed E-state index contributed by atoms with van der Waals surface area (Å²) in [5, 5.41) is 13.2. The van der Waals surface area contributed by atoms with Crippen LogP contribution in [0.3, 0.4) is 0 Å². The molecule has 2 saturated heterocycles. The van der Waals surface area contributed by atoms with Gasteiger partial charge < -0.3 is 10.4 Å². The third-order valence-corrected chi connectivity index (χ3v) is 5.23. The Balaban J connectivity index is 1.66. The van der Waals surface area contributed by atoms with Crippen molar-refractivity contribution in [2.24, 2.45) is 5.41 Å². The Morgan fingerprint density at radius 2 is 1.92 bits per heavy atom. The van der Waals surface area contributed by atoms with E-state index in [1.54, 1.807) is 12.1 Å². The molecule has 138 valence electrons. The molecule has 2 heterocycles. The van der Waals surface area contributed by atoms with Crippen LogP contribution in [0.4, 0.5) is 13.2 Å². The topological polar surface area (TPSA) is 52.6 Å². The van der Waals surface area contributed by atoms with Gasteiger partial charge in [-0.3, -0.25) is 9.69 Å². The average Bonchev–Trinajstić information content (AvgIpc) is 2.54. The normalized spacial score (nSPS) is 28.2. The van der Waals surface area contributed by atoms with Crippen molar-refractivity contribution in [2.45, 2.75) is 44.5 Å². The lowest BCUT2D eigenvalue weighted by atomic mass is 9.71. The zero-order valence-electron chi connectivity index (χ0n) is 14.0. The second-order valence-corrected chi connectivity index (χ2v) is 7.14. The molecule has 2 fully saturated rings. The summed E-state index contributed by atoms with van der Waals surface area (Å²) in [6.07, 6.45) is -3.72. The molecular weight excluding hydrogens is 333 g/mol. The van der Waals surface area contributed by atoms with Crippen molar-refractivity contribution in [3.8, 4) is 0 Å². The van der Waals surface area contributed by atoms with Gasteiger partial charge in [0.25, 0.3) is 0 Å². The van der Waals surface area contributed by atoms with Gasteiger partial charge >= 0.3 is 6.18 Å². The molecule has 1 aromatic rings. The number of hydrogen-bond donors (Lipinski definition) is 2. The second-order valence-electron chi connectivity index (χ2n) is 7.14. The predicted molar refractivity (Wildman–Crippen MR) is 86.8 cm³/mol. The minimum Gasteiger partial charge on any atom is -0.392 e. The second kappa shape index (κ2) is 6.96. The molecule has 4 nitrogen and oxygen atoms in total. The summed E-state index contributed by atoms with van der Waals surface area (Å²) in [4.78, 5) is 14.5. The van der Waals surface area contributed by atoms with E-state index in [4.69, 9.17) is 0 Å². The molecular formula is C18H23F3N2O2. The van der Waals surface area contributed by atoms with Crippen LogP contribution in [0.2, 0.25) is 0 Å². The third kappa shape index (κ3) is 4.15. The summed E-state index contributed by atoms with van der Waals surface area (Å²) in [5.74, 6) is -0.0866. The lowest BCUT2D eigenvalue weighted by Crippen LogP contribution is -2.61. The number of amides is 1. The van der Waals surface area contributed by atoms with Crippen molar-refractivity contribution in [2.75, 3.05) is 19.6 Å². The number of nitrogens with one attached hydrogen (secondary N) is 1. The van der Waals surface area contributed by atoms with E-state index in [-0.39, 0.29) is 11.5 Å². The Morgan fingerprint density at radius 3 is 2.56 bits per heavy atom. The summed E-state index contributed by atoms with van der Waals surface area (Å²) >= 11 is 0. The molecule has 2 aliphatic rings. The zero-order valence-corrected chi connectivity index (χ0v) is 14.0. The molecule has 0 unspecified atom stereocenters. The number of aliphatic hydroxyl groups excluding tert-OH is 1. The number of hydrogen-bond acceptors (Lipinski definition) is 3. The Labute approximate surface area is 145 Å². The molecule has 0 aromatic heterocycles. The minimum absolute atomic E-state index is 0.0866. The van der Waals surface area contributed by atoms with E-state index in [0.29, 0.717) is 39.0 Å². The number of rotatable bonds is 3. The predicted octanol–water partition coefficient (Wildman–Crippen LogP) is 2.25. The highest BCUT2D eigenvalue weighted by Crippen LogP contribution is 2.37. The maximum Gasteiger partial charge on any atom is 0.393 e. The number of halogens is 3. The van der Waals surface area contributed by atoms with Gasteiger partial charge in [-0.05, 0) is 30.4 Å². The maximum absolute atomic E-state index is 12.4. The zero-order chi connectivity index (χ0) is 18.1. The van der Waals surface area contributed by atoms with Crippen molar-refractivity contribution in [1.82, 2.24) is 10.2 Å². The highest BCUT2D eigenvalue weighted by Gasteiger charge is 2.49. The number of benzene rings is 1. The number of piperidine rings is 2. The van der Waals surface area contributed by atoms with E-state index in [1.165, 1.54) is 12.1 Å². The van der Waals surface area contributed by atoms with Crippen LogP contribution in [0.15, 0.2) is 24.3 Å². The van der Waals surface area contributed by atoms with Crippen molar-refractivity contribution in [3.05, 3.63) is 35.4 Å². The number of aliphatic hydroxyl groups is 1. The van der Waals surface area contributed by atoms with Crippen LogP contribution >= 0.6 is 0 Å². The number of carbonyl (C=O) groups excluding carboxylic acids is 1. The van der Waals surface area contributed by atoms with Crippen LogP contribution in [0, 0.1) is 5.41 Å². The van der Waals surface area contributed by atoms with Gasteiger partial charge in [0.05, 0.1) is 17.9 Å². The molecule has 1 spiro atoms. The van der Waals surface area contributed by atoms with Crippen molar-refractivity contribution in [3.63, 3.8) is 0 Å². The third-order valence-electron chi connectivity index (χ3n) is 5.23. The lowest BCUT2D eigenvalue weighted by molar-refractivity contribution is -0.149. The lowest BCUT2D eigenvalue weighted by Gasteiger charge is -2.47. The standard InChI is InChI=1S/C18H23F3N2O2/c19-18(20,21)10-13-2-4-14(5-3-13)11-23-9-6-15(24)17(12-23)7-1-8-22-16(17)25/h2-5,15,24H,1,6-12H2,(H,22,25)/t15-,17+/m0/s1. The van der Waals surface area contributed by atoms with Gasteiger partial charge in [0.1, 0.15) is 0 Å². The van der Waals surface area contributed by atoms with Gasteiger partial charge in [0.2, 0.25) is 5.91 Å². The van der Waals surface area contributed by atoms with Crippen LogP contribution in [-0.2, 0) is 17.8 Å². The fraction of sp³-hybridized carbons (Fsp3) is 0.611. The monoisotopic (exact) mass is 356 g/mol. The Kier molecular flexibility index (Phi) is 5.06. The van der Waals surface area contributed by atoms with Gasteiger partial charge in [-0.25, -0.2) is 0 Å². The molecule has 2 atom stereocenters. The quantitative estimate of drug-likeness (QED) is 0.874. The van der Waals surface area contributed by atoms with Gasteiger partial charge in [-0.2, -0.15) is 13.2 Å². The molecule has 2 N–H and O–H groups in total. The van der Waals surface area contributed by atoms with Gasteiger partial charge in [0, 0.05) is 26.2 Å². The first-order valence-corrected chi connectivity index (χ1v) is 8.62. The summed E-state index contributed by atoms with van der Waals surface area (Å²) in [6, 6.07) is 6.43. The molecule has 0 bridgehead atoms. The first-order chi connectivity index (χ1) is 11.8. The molecule has 0 aliphatic carbocycles. The van der Waals surface area contributed by atoms with Crippen molar-refractivity contribution < 1.29 is 23.1 Å². The van der Waals surface area contributed by atoms with Crippen LogP contribution in [0.1, 0.15) is 30.4 Å². The van der Waals surface area contributed by atoms with Gasteiger partial charge in [-0.15, -0.1) is 0 Å². The molecule has 3 rings (SSSR count). The molecule has 1 aromatic carbocycles. The van der Waals surface area contributed by atoms with Gasteiger partial charge in [-0.1, -0.05) is 24.3 Å². The summed E-state index contributed by atoms with van der Waals surface area (Å²) in [6.45, 7) is 2.35. The number of nitrogens with zero attached hydrogens (tertiary/aromatic N) is 1. The summed E-state index contributed by atoms with van der Waals surface area (Å²) in [5.41, 5.74) is 0.398. The van der Waals surface area contributed by atoms with Crippen LogP contribution in [-0.4, -0.2) is 47.8 Å². The van der Waals surface area contributed by atoms with Gasteiger partial charge in [0.15, 0.2) is 0 Å². The van der Waals surface area contributed by atoms with E-state index in [0.717, 1.165) is 12.0 Å². The fourth-order valence-corrected chi connectivity index (χ4v) is 3.92. The fourth-order valence-electron chi connectivity index (χ4n) is 3.92. The van der Waals surface area contributed by atoms with E-state index in [1.807, 2.05) is 0 Å². The molecule has 2 aliphatic heterocycles. The smallest absolute Gasteiger partial charge is 0.392 e. The first kappa shape index (κ1) is 18.2. The molecule has 0 radical (unpaired) electrons. The summed E-state index contributed by atoms with van der Waals surface area (Å²) in [7, 11) is 0. The van der Waals surface area contributed by atoms with Crippen molar-refractivity contribution in [1.29, 1.82) is 0 Å². The average molecular weight is 356 g/mol. The van der Waals surface area contributed by atoms with Crippen LogP contribution in [0.25, 0.3) is 0 Å². The van der Waals surface area contributed by atoms with E-state index in [2.05, 4.69) is 10.2 Å². The summed E-state index contributed by atoms with van der Waals surface area (Å²) < 4.78 is 37.3. The van der Waals surface area contributed by atoms with Crippen LogP contribution < -0.4 is 5.32 Å². The Bertz CT molecular complexity index is 618. The van der Waals surface area contributed by atoms with E-state index in [9.17, 15) is 23.1 Å². The SMILES string of the molecule is O=C1NCCC[C@]12CN(Cc1ccc(CC(F)(F)F)cc1)CC[C@@H]2O. The Morgan fingerprint density at radius 1 is 1.24 bits per heavy atom. The van der Waals surface area contributed by atoms with E-state index < -0.39 is 24.1 Å². The Hall–Kier alpha value is -1.60. The molecule has 1 amide bonds. The van der Waals surface area contributed by atoms with Crippen molar-refractivity contribution >= 4 is 5.91 Å². The molecule has 25 heavy (non-hydrogen) atoms. The number of likely N-dealkylation sites (tertiary alicyclic amines) is 1. The molecule has 7 heteroatoms. The highest BCUT2D eigenvalue weighted by atomic mass is 19.4. The number of carbonyl (C=O) groups is 1. The first-order valence-electron chi connectivity index (χ1n) is 8.62. The largest absolute Gasteiger partial charge is 0.393 e. The van der Waals surface area contributed by atoms with Crippen LogP contribution in [0.5, 0.6) is 0 Å². The number of alkyl halides is 3. The highest BCUT2D eigenvalue weighted by molar-refractivity contribution is 5.84.